The highest BCUT2D eigenvalue weighted by Gasteiger charge is 2.21. The summed E-state index contributed by atoms with van der Waals surface area (Å²) in [5.74, 6) is 1.09. The first-order chi connectivity index (χ1) is 10.2. The molecule has 0 spiro atoms. The quantitative estimate of drug-likeness (QED) is 0.803. The second kappa shape index (κ2) is 8.18. The summed E-state index contributed by atoms with van der Waals surface area (Å²) in [4.78, 5) is 16.9. The maximum Gasteiger partial charge on any atom is 0.237 e. The van der Waals surface area contributed by atoms with Gasteiger partial charge in [0.05, 0.1) is 6.54 Å². The number of nitrogens with zero attached hydrogens (tertiary/aromatic N) is 2. The summed E-state index contributed by atoms with van der Waals surface area (Å²) >= 11 is 0. The van der Waals surface area contributed by atoms with E-state index in [2.05, 4.69) is 30.9 Å². The molecule has 0 aromatic heterocycles. The summed E-state index contributed by atoms with van der Waals surface area (Å²) in [6.45, 7) is 8.73. The van der Waals surface area contributed by atoms with Crippen molar-refractivity contribution in [1.82, 2.24) is 9.80 Å². The fourth-order valence-corrected chi connectivity index (χ4v) is 2.88. The minimum absolute atomic E-state index is 0.273. The Morgan fingerprint density at radius 2 is 1.90 bits per heavy atom. The molecule has 1 fully saturated rings. The number of likely N-dealkylation sites (tertiary alicyclic amines) is 1. The first kappa shape index (κ1) is 16.0. The van der Waals surface area contributed by atoms with Crippen LogP contribution >= 0.6 is 0 Å². The summed E-state index contributed by atoms with van der Waals surface area (Å²) in [6, 6.07) is 10.3. The molecule has 0 radical (unpaired) electrons. The van der Waals surface area contributed by atoms with Crippen LogP contribution in [-0.2, 0) is 11.3 Å². The number of hydrogen-bond donors (Lipinski definition) is 0. The van der Waals surface area contributed by atoms with Crippen molar-refractivity contribution in [2.75, 3.05) is 26.2 Å². The van der Waals surface area contributed by atoms with Gasteiger partial charge in [0.25, 0.3) is 0 Å². The van der Waals surface area contributed by atoms with Gasteiger partial charge in [0.15, 0.2) is 0 Å². The topological polar surface area (TPSA) is 23.6 Å². The zero-order valence-electron chi connectivity index (χ0n) is 13.4. The maximum atomic E-state index is 12.6. The number of amides is 1. The van der Waals surface area contributed by atoms with Crippen molar-refractivity contribution in [2.45, 2.75) is 39.7 Å². The van der Waals surface area contributed by atoms with E-state index in [1.165, 1.54) is 18.4 Å². The second-order valence-corrected chi connectivity index (χ2v) is 6.26. The summed E-state index contributed by atoms with van der Waals surface area (Å²) < 4.78 is 0. The third-order valence-electron chi connectivity index (χ3n) is 4.30. The van der Waals surface area contributed by atoms with Gasteiger partial charge in [0, 0.05) is 13.1 Å². The molecule has 0 unspecified atom stereocenters. The molecule has 0 aliphatic carbocycles. The van der Waals surface area contributed by atoms with Gasteiger partial charge in [-0.2, -0.15) is 0 Å². The molecule has 2 rings (SSSR count). The Morgan fingerprint density at radius 3 is 2.52 bits per heavy atom. The first-order valence-electron chi connectivity index (χ1n) is 8.23. The molecule has 0 N–H and O–H groups in total. The van der Waals surface area contributed by atoms with Gasteiger partial charge < -0.3 is 4.90 Å². The number of carbonyl (C=O) groups excluding carboxylic acids is 1. The van der Waals surface area contributed by atoms with Gasteiger partial charge >= 0.3 is 0 Å². The van der Waals surface area contributed by atoms with E-state index in [4.69, 9.17) is 0 Å². The molecule has 21 heavy (non-hydrogen) atoms. The smallest absolute Gasteiger partial charge is 0.237 e. The van der Waals surface area contributed by atoms with E-state index < -0.39 is 0 Å². The lowest BCUT2D eigenvalue weighted by atomic mass is 9.99. The normalized spacial score (nSPS) is 16.9. The maximum absolute atomic E-state index is 12.6. The van der Waals surface area contributed by atoms with Crippen LogP contribution < -0.4 is 0 Å². The third kappa shape index (κ3) is 5.16. The summed E-state index contributed by atoms with van der Waals surface area (Å²) in [7, 11) is 0. The minimum Gasteiger partial charge on any atom is -0.337 e. The Balaban J connectivity index is 1.89. The molecule has 0 bridgehead atoms. The van der Waals surface area contributed by atoms with Crippen molar-refractivity contribution >= 4 is 5.91 Å². The standard InChI is InChI=1S/C18H28N2O/c1-3-11-20(14-17-7-5-4-6-8-17)18(21)15-19-12-9-16(2)10-13-19/h4-8,16H,3,9-15H2,1-2H3. The zero-order chi connectivity index (χ0) is 15.1. The van der Waals surface area contributed by atoms with Crippen LogP contribution in [-0.4, -0.2) is 41.9 Å². The van der Waals surface area contributed by atoms with Gasteiger partial charge in [-0.3, -0.25) is 9.69 Å². The average molecular weight is 288 g/mol. The number of hydrogen-bond acceptors (Lipinski definition) is 2. The molecule has 1 aliphatic rings. The van der Waals surface area contributed by atoms with Gasteiger partial charge in [0.1, 0.15) is 0 Å². The van der Waals surface area contributed by atoms with E-state index in [9.17, 15) is 4.79 Å². The number of rotatable bonds is 6. The summed E-state index contributed by atoms with van der Waals surface area (Å²) in [5.41, 5.74) is 1.21. The van der Waals surface area contributed by atoms with E-state index in [1.54, 1.807) is 0 Å². The van der Waals surface area contributed by atoms with Crippen molar-refractivity contribution in [1.29, 1.82) is 0 Å². The molecule has 1 aliphatic heterocycles. The van der Waals surface area contributed by atoms with Crippen LogP contribution in [0.2, 0.25) is 0 Å². The Hall–Kier alpha value is -1.35. The SMILES string of the molecule is CCCN(Cc1ccccc1)C(=O)CN1CCC(C)CC1. The molecule has 1 saturated heterocycles. The number of piperidine rings is 1. The highest BCUT2D eigenvalue weighted by atomic mass is 16.2. The van der Waals surface area contributed by atoms with Crippen molar-refractivity contribution in [3.8, 4) is 0 Å². The Kier molecular flexibility index (Phi) is 6.24. The van der Waals surface area contributed by atoms with Crippen LogP contribution in [0, 0.1) is 5.92 Å². The van der Waals surface area contributed by atoms with Crippen molar-refractivity contribution in [3.05, 3.63) is 35.9 Å². The summed E-state index contributed by atoms with van der Waals surface area (Å²) in [6.07, 6.45) is 3.45. The van der Waals surface area contributed by atoms with Gasteiger partial charge in [-0.25, -0.2) is 0 Å². The average Bonchev–Trinajstić information content (AvgIpc) is 2.50. The molecule has 1 amide bonds. The lowest BCUT2D eigenvalue weighted by molar-refractivity contribution is -0.133. The Bertz CT molecular complexity index is 424. The molecule has 1 heterocycles. The molecule has 0 saturated carbocycles. The van der Waals surface area contributed by atoms with Crippen LogP contribution in [0.5, 0.6) is 0 Å². The van der Waals surface area contributed by atoms with Crippen LogP contribution in [0.3, 0.4) is 0 Å². The predicted octanol–water partition coefficient (Wildman–Crippen LogP) is 3.16. The molecular formula is C18H28N2O. The van der Waals surface area contributed by atoms with Gasteiger partial charge in [-0.05, 0) is 43.8 Å². The van der Waals surface area contributed by atoms with Crippen molar-refractivity contribution in [3.63, 3.8) is 0 Å². The monoisotopic (exact) mass is 288 g/mol. The van der Waals surface area contributed by atoms with E-state index in [1.807, 2.05) is 23.1 Å². The van der Waals surface area contributed by atoms with Crippen molar-refractivity contribution < 1.29 is 4.79 Å². The number of carbonyl (C=O) groups is 1. The Morgan fingerprint density at radius 1 is 1.24 bits per heavy atom. The molecule has 3 heteroatoms. The van der Waals surface area contributed by atoms with Crippen LogP contribution in [0.1, 0.15) is 38.7 Å². The van der Waals surface area contributed by atoms with E-state index in [0.717, 1.165) is 38.5 Å². The second-order valence-electron chi connectivity index (χ2n) is 6.26. The third-order valence-corrected chi connectivity index (χ3v) is 4.30. The van der Waals surface area contributed by atoms with Crippen LogP contribution in [0.25, 0.3) is 0 Å². The van der Waals surface area contributed by atoms with Gasteiger partial charge in [-0.15, -0.1) is 0 Å². The summed E-state index contributed by atoms with van der Waals surface area (Å²) in [5, 5.41) is 0. The highest BCUT2D eigenvalue weighted by molar-refractivity contribution is 5.78. The van der Waals surface area contributed by atoms with Gasteiger partial charge in [-0.1, -0.05) is 44.2 Å². The highest BCUT2D eigenvalue weighted by Crippen LogP contribution is 2.16. The first-order valence-corrected chi connectivity index (χ1v) is 8.23. The zero-order valence-corrected chi connectivity index (χ0v) is 13.4. The fraction of sp³-hybridized carbons (Fsp3) is 0.611. The molecular weight excluding hydrogens is 260 g/mol. The molecule has 1 aromatic carbocycles. The van der Waals surface area contributed by atoms with Gasteiger partial charge in [0.2, 0.25) is 5.91 Å². The molecule has 1 aromatic rings. The molecule has 0 atom stereocenters. The largest absolute Gasteiger partial charge is 0.337 e. The predicted molar refractivity (Wildman–Crippen MR) is 87.0 cm³/mol. The lowest BCUT2D eigenvalue weighted by Gasteiger charge is -2.32. The molecule has 3 nitrogen and oxygen atoms in total. The fourth-order valence-electron chi connectivity index (χ4n) is 2.88. The van der Waals surface area contributed by atoms with Crippen LogP contribution in [0.4, 0.5) is 0 Å². The van der Waals surface area contributed by atoms with E-state index in [-0.39, 0.29) is 5.91 Å². The lowest BCUT2D eigenvalue weighted by Crippen LogP contribution is -2.43. The van der Waals surface area contributed by atoms with E-state index >= 15 is 0 Å². The number of benzene rings is 1. The Labute approximate surface area is 128 Å². The van der Waals surface area contributed by atoms with E-state index in [0.29, 0.717) is 6.54 Å². The van der Waals surface area contributed by atoms with Crippen LogP contribution in [0.15, 0.2) is 30.3 Å². The minimum atomic E-state index is 0.273. The molecule has 116 valence electrons. The van der Waals surface area contributed by atoms with Crippen molar-refractivity contribution in [2.24, 2.45) is 5.92 Å².